The molecule has 7 N–H and O–H groups in total. The fraction of sp³-hybridized carbons (Fsp3) is 0.634. The third kappa shape index (κ3) is 18.6. The highest BCUT2D eigenvalue weighted by Gasteiger charge is 2.44. The summed E-state index contributed by atoms with van der Waals surface area (Å²) in [6.45, 7) is 7.79. The van der Waals surface area contributed by atoms with Gasteiger partial charge >= 0.3 is 5.97 Å². The highest BCUT2D eigenvalue weighted by molar-refractivity contribution is 5.70. The van der Waals surface area contributed by atoms with E-state index in [-0.39, 0.29) is 68.8 Å². The van der Waals surface area contributed by atoms with Crippen LogP contribution in [-0.4, -0.2) is 96.3 Å². The van der Waals surface area contributed by atoms with Crippen molar-refractivity contribution < 1.29 is 50.0 Å². The largest absolute Gasteiger partial charge is 0.462 e. The number of carbonyl (C=O) groups is 1. The Labute approximate surface area is 304 Å². The molecule has 288 valence electrons. The van der Waals surface area contributed by atoms with E-state index < -0.39 is 54.5 Å². The fourth-order valence-corrected chi connectivity index (χ4v) is 6.36. The van der Waals surface area contributed by atoms with Gasteiger partial charge in [-0.25, -0.2) is 0 Å². The highest BCUT2D eigenvalue weighted by Crippen LogP contribution is 2.36. The van der Waals surface area contributed by atoms with Gasteiger partial charge in [0.1, 0.15) is 6.10 Å². The lowest BCUT2D eigenvalue weighted by Crippen LogP contribution is -2.52. The third-order valence-corrected chi connectivity index (χ3v) is 9.62. The molecule has 1 saturated heterocycles. The monoisotopic (exact) mass is 716 g/mol. The zero-order valence-electron chi connectivity index (χ0n) is 30.9. The predicted molar refractivity (Wildman–Crippen MR) is 199 cm³/mol. The summed E-state index contributed by atoms with van der Waals surface area (Å²) in [5.74, 6) is -2.25. The number of aliphatic hydroxyl groups excluding tert-OH is 6. The molecule has 12 atom stereocenters. The van der Waals surface area contributed by atoms with Gasteiger partial charge in [-0.15, -0.1) is 0 Å². The van der Waals surface area contributed by atoms with Gasteiger partial charge in [-0.1, -0.05) is 106 Å². The van der Waals surface area contributed by atoms with Crippen LogP contribution in [0.5, 0.6) is 0 Å². The van der Waals surface area contributed by atoms with Crippen molar-refractivity contribution in [3.63, 3.8) is 0 Å². The first-order chi connectivity index (χ1) is 24.2. The van der Waals surface area contributed by atoms with Crippen LogP contribution in [0, 0.1) is 17.8 Å². The molecule has 10 nitrogen and oxygen atoms in total. The summed E-state index contributed by atoms with van der Waals surface area (Å²) >= 11 is 0. The van der Waals surface area contributed by atoms with E-state index in [1.807, 2.05) is 99.8 Å². The number of cyclic esters (lactones) is 1. The van der Waals surface area contributed by atoms with Crippen molar-refractivity contribution in [2.75, 3.05) is 0 Å². The molecule has 0 radical (unpaired) electrons. The van der Waals surface area contributed by atoms with Crippen LogP contribution in [0.2, 0.25) is 0 Å². The average Bonchev–Trinajstić information content (AvgIpc) is 3.04. The Bertz CT molecular complexity index is 1200. The molecule has 0 amide bonds. The Hall–Kier alpha value is -2.67. The topological polar surface area (TPSA) is 177 Å². The number of hydrogen-bond acceptors (Lipinski definition) is 10. The highest BCUT2D eigenvalue weighted by atomic mass is 16.6. The fourth-order valence-electron chi connectivity index (χ4n) is 6.36. The predicted octanol–water partition coefficient (Wildman–Crippen LogP) is 4.89. The van der Waals surface area contributed by atoms with E-state index in [1.54, 1.807) is 0 Å². The van der Waals surface area contributed by atoms with E-state index in [4.69, 9.17) is 9.47 Å². The average molecular weight is 717 g/mol. The Kier molecular flexibility index (Phi) is 20.8. The molecule has 51 heavy (non-hydrogen) atoms. The van der Waals surface area contributed by atoms with Crippen molar-refractivity contribution in [2.24, 2.45) is 17.8 Å². The van der Waals surface area contributed by atoms with Crippen LogP contribution in [0.1, 0.15) is 91.9 Å². The Morgan fingerprint density at radius 3 is 1.84 bits per heavy atom. The number of aliphatic hydroxyl groups is 7. The van der Waals surface area contributed by atoms with Crippen LogP contribution >= 0.6 is 0 Å². The van der Waals surface area contributed by atoms with Gasteiger partial charge in [0.05, 0.1) is 49.1 Å². The molecule has 0 saturated carbocycles. The molecule has 0 aliphatic carbocycles. The number of ether oxygens (including phenoxy) is 2. The summed E-state index contributed by atoms with van der Waals surface area (Å²) < 4.78 is 11.5. The van der Waals surface area contributed by atoms with Crippen molar-refractivity contribution in [2.45, 2.75) is 147 Å². The molecule has 0 aromatic heterocycles. The lowest BCUT2D eigenvalue weighted by molar-refractivity contribution is -0.298. The van der Waals surface area contributed by atoms with Crippen LogP contribution in [-0.2, 0) is 14.3 Å². The van der Waals surface area contributed by atoms with Crippen molar-refractivity contribution >= 4 is 5.97 Å². The summed E-state index contributed by atoms with van der Waals surface area (Å²) in [5, 5.41) is 74.4. The molecule has 1 unspecified atom stereocenters. The summed E-state index contributed by atoms with van der Waals surface area (Å²) in [6, 6.07) is 0. The SMILES string of the molecule is C[C@@H]1C[C@@H](C)/C=C/C=C/C=C/C=C/C=C/C=C/C=C/CCC2O[C@](O)(C[C@@H](O)C[C@@H](O)[C@H](O)CC[C@@H](O)C[C@@H](O)CC(=O)O[C@H]1C)C[C@H](O)[C@H]2C. The Morgan fingerprint density at radius 2 is 1.22 bits per heavy atom. The van der Waals surface area contributed by atoms with Gasteiger partial charge in [0.25, 0.3) is 0 Å². The number of allylic oxidation sites excluding steroid dienone is 14. The molecule has 0 aromatic rings. The van der Waals surface area contributed by atoms with Gasteiger partial charge in [0.15, 0.2) is 5.79 Å². The molecule has 1 fully saturated rings. The molecule has 0 aromatic carbocycles. The summed E-state index contributed by atoms with van der Waals surface area (Å²) in [4.78, 5) is 12.5. The third-order valence-electron chi connectivity index (χ3n) is 9.62. The molecular formula is C41H64O10. The van der Waals surface area contributed by atoms with Gasteiger partial charge in [0.2, 0.25) is 0 Å². The van der Waals surface area contributed by atoms with Crippen LogP contribution < -0.4 is 0 Å². The molecule has 2 rings (SSSR count). The first-order valence-corrected chi connectivity index (χ1v) is 18.5. The summed E-state index contributed by atoms with van der Waals surface area (Å²) in [6.07, 6.45) is 20.6. The first kappa shape index (κ1) is 44.5. The van der Waals surface area contributed by atoms with E-state index in [2.05, 4.69) is 13.0 Å². The first-order valence-electron chi connectivity index (χ1n) is 18.5. The molecule has 2 aliphatic rings. The normalized spacial score (nSPS) is 42.7. The molecular weight excluding hydrogens is 652 g/mol. The zero-order chi connectivity index (χ0) is 37.8. The van der Waals surface area contributed by atoms with Crippen molar-refractivity contribution in [1.82, 2.24) is 0 Å². The Balaban J connectivity index is 2.06. The minimum absolute atomic E-state index is 0.0188. The molecule has 10 heteroatoms. The maximum absolute atomic E-state index is 12.5. The van der Waals surface area contributed by atoms with Gasteiger partial charge in [-0.2, -0.15) is 0 Å². The summed E-state index contributed by atoms with van der Waals surface area (Å²) in [5.41, 5.74) is 0. The van der Waals surface area contributed by atoms with Gasteiger partial charge in [-0.05, 0) is 57.3 Å². The lowest BCUT2D eigenvalue weighted by atomic mass is 9.84. The van der Waals surface area contributed by atoms with Gasteiger partial charge < -0.3 is 45.2 Å². The summed E-state index contributed by atoms with van der Waals surface area (Å²) in [7, 11) is 0. The van der Waals surface area contributed by atoms with Crippen LogP contribution in [0.4, 0.5) is 0 Å². The number of fused-ring (bicyclic) bond motifs is 2. The second-order valence-electron chi connectivity index (χ2n) is 14.5. The number of hydrogen-bond donors (Lipinski definition) is 7. The van der Waals surface area contributed by atoms with Crippen LogP contribution in [0.15, 0.2) is 85.1 Å². The van der Waals surface area contributed by atoms with Crippen LogP contribution in [0.25, 0.3) is 0 Å². The minimum atomic E-state index is -1.80. The molecule has 2 aliphatic heterocycles. The van der Waals surface area contributed by atoms with E-state index in [1.165, 1.54) is 0 Å². The molecule has 2 bridgehead atoms. The molecule has 0 spiro atoms. The molecule has 2 heterocycles. The quantitative estimate of drug-likeness (QED) is 0.171. The van der Waals surface area contributed by atoms with E-state index in [0.717, 1.165) is 6.42 Å². The number of esters is 1. The van der Waals surface area contributed by atoms with Gasteiger partial charge in [-0.3, -0.25) is 4.79 Å². The van der Waals surface area contributed by atoms with E-state index in [0.29, 0.717) is 12.8 Å². The lowest BCUT2D eigenvalue weighted by Gasteiger charge is -2.44. The second-order valence-corrected chi connectivity index (χ2v) is 14.5. The standard InChI is InChI=1S/C41H64O10/c1-29-19-17-15-13-11-9-7-5-6-8-10-12-14-16-18-20-39-31(3)38(47)28-41(49,51-39)27-35(44)25-37(46)36(45)22-21-33(42)24-34(43)26-40(48)50-32(4)30(2)23-29/h5-17,19,29-39,42-47,49H,18,20-28H2,1-4H3/b7-5+,8-6+,11-9+,12-10+,15-13+,16-14+,19-17+/t29-,30+,31+,32-,33+,34+,35-,36+,37+,38-,39?,41+/m0/s1. The Morgan fingerprint density at radius 1 is 0.627 bits per heavy atom. The maximum Gasteiger partial charge on any atom is 0.308 e. The van der Waals surface area contributed by atoms with Crippen molar-refractivity contribution in [3.8, 4) is 0 Å². The smallest absolute Gasteiger partial charge is 0.308 e. The van der Waals surface area contributed by atoms with E-state index in [9.17, 15) is 40.5 Å². The van der Waals surface area contributed by atoms with E-state index >= 15 is 0 Å². The zero-order valence-corrected chi connectivity index (χ0v) is 30.9. The van der Waals surface area contributed by atoms with Gasteiger partial charge in [0, 0.05) is 25.2 Å². The number of carbonyl (C=O) groups excluding carboxylic acids is 1. The minimum Gasteiger partial charge on any atom is -0.462 e. The van der Waals surface area contributed by atoms with Crippen LogP contribution in [0.3, 0.4) is 0 Å². The van der Waals surface area contributed by atoms with Crippen molar-refractivity contribution in [1.29, 1.82) is 0 Å². The van der Waals surface area contributed by atoms with Crippen molar-refractivity contribution in [3.05, 3.63) is 85.1 Å². The second kappa shape index (κ2) is 23.8. The number of rotatable bonds is 0. The maximum atomic E-state index is 12.5.